The molecule has 1 saturated heterocycles. The molecule has 1 aliphatic rings. The van der Waals surface area contributed by atoms with Gasteiger partial charge in [-0.1, -0.05) is 72.4 Å². The van der Waals surface area contributed by atoms with Gasteiger partial charge in [0.1, 0.15) is 0 Å². The number of thioether (sulfide) groups is 1. The summed E-state index contributed by atoms with van der Waals surface area (Å²) < 4.78 is 0. The molecule has 2 N–H and O–H groups in total. The lowest BCUT2D eigenvalue weighted by atomic mass is 9.98. The summed E-state index contributed by atoms with van der Waals surface area (Å²) >= 11 is 0.995. The first-order chi connectivity index (χ1) is 13.6. The van der Waals surface area contributed by atoms with E-state index in [0.29, 0.717) is 0 Å². The van der Waals surface area contributed by atoms with Gasteiger partial charge in [-0.3, -0.25) is 24.6 Å². The smallest absolute Gasteiger partial charge is 0.288 e. The second kappa shape index (κ2) is 9.52. The summed E-state index contributed by atoms with van der Waals surface area (Å²) in [6, 6.07) is 19.3. The lowest BCUT2D eigenvalue weighted by Gasteiger charge is -2.24. The van der Waals surface area contributed by atoms with Gasteiger partial charge in [-0.2, -0.15) is 0 Å². The van der Waals surface area contributed by atoms with Crippen LogP contribution in [0.15, 0.2) is 60.7 Å². The molecule has 146 valence electrons. The number of hydrogen-bond donors (Lipinski definition) is 2. The summed E-state index contributed by atoms with van der Waals surface area (Å²) in [6.45, 7) is 2.24. The highest BCUT2D eigenvalue weighted by Crippen LogP contribution is 2.22. The molecule has 0 radical (unpaired) electrons. The van der Waals surface area contributed by atoms with Crippen LogP contribution in [0.25, 0.3) is 0 Å². The fourth-order valence-corrected chi connectivity index (χ4v) is 3.79. The van der Waals surface area contributed by atoms with Gasteiger partial charge in [0.05, 0.1) is 17.8 Å². The molecule has 0 saturated carbocycles. The minimum absolute atomic E-state index is 0.124. The Hall–Kier alpha value is -2.64. The van der Waals surface area contributed by atoms with Crippen LogP contribution in [0.5, 0.6) is 0 Å². The second-order valence-electron chi connectivity index (χ2n) is 6.53. The summed E-state index contributed by atoms with van der Waals surface area (Å²) in [5.74, 6) is -0.201. The Morgan fingerprint density at radius 1 is 1.04 bits per heavy atom. The molecule has 7 heteroatoms. The van der Waals surface area contributed by atoms with E-state index in [0.717, 1.165) is 22.9 Å². The molecule has 1 aliphatic heterocycles. The largest absolute Gasteiger partial charge is 0.353 e. The molecule has 0 aliphatic carbocycles. The van der Waals surface area contributed by atoms with Gasteiger partial charge in [0.25, 0.3) is 5.24 Å². The van der Waals surface area contributed by atoms with Crippen LogP contribution in [-0.4, -0.2) is 46.8 Å². The van der Waals surface area contributed by atoms with E-state index >= 15 is 0 Å². The van der Waals surface area contributed by atoms with E-state index in [9.17, 15) is 14.4 Å². The van der Waals surface area contributed by atoms with Crippen molar-refractivity contribution in [2.24, 2.45) is 0 Å². The molecule has 1 heterocycles. The monoisotopic (exact) mass is 397 g/mol. The minimum atomic E-state index is -0.454. The molecule has 0 aromatic heterocycles. The molecule has 0 bridgehead atoms. The molecule has 0 unspecified atom stereocenters. The number of carbonyl (C=O) groups is 3. The summed E-state index contributed by atoms with van der Waals surface area (Å²) in [4.78, 5) is 36.9. The topological polar surface area (TPSA) is 78.5 Å². The van der Waals surface area contributed by atoms with Gasteiger partial charge < -0.3 is 5.32 Å². The summed E-state index contributed by atoms with van der Waals surface area (Å²) in [5, 5.41) is 5.93. The van der Waals surface area contributed by atoms with Crippen molar-refractivity contribution in [2.75, 3.05) is 18.8 Å². The Bertz CT molecular complexity index is 774. The fourth-order valence-electron chi connectivity index (χ4n) is 3.04. The molecular weight excluding hydrogens is 374 g/mol. The van der Waals surface area contributed by atoms with Crippen LogP contribution in [0.2, 0.25) is 0 Å². The van der Waals surface area contributed by atoms with Crippen molar-refractivity contribution in [1.29, 1.82) is 0 Å². The van der Waals surface area contributed by atoms with Crippen LogP contribution >= 0.6 is 11.8 Å². The van der Waals surface area contributed by atoms with E-state index in [1.54, 1.807) is 6.92 Å². The molecule has 2 aromatic carbocycles. The highest BCUT2D eigenvalue weighted by Gasteiger charge is 2.29. The van der Waals surface area contributed by atoms with E-state index in [1.165, 1.54) is 4.90 Å². The van der Waals surface area contributed by atoms with E-state index in [2.05, 4.69) is 10.6 Å². The van der Waals surface area contributed by atoms with E-state index in [4.69, 9.17) is 0 Å². The number of rotatable bonds is 8. The number of hydrogen-bond acceptors (Lipinski definition) is 5. The van der Waals surface area contributed by atoms with E-state index in [1.807, 2.05) is 60.7 Å². The molecule has 3 amide bonds. The van der Waals surface area contributed by atoms with Gasteiger partial charge >= 0.3 is 0 Å². The number of benzene rings is 2. The van der Waals surface area contributed by atoms with Crippen LogP contribution in [0, 0.1) is 0 Å². The third-order valence-corrected chi connectivity index (χ3v) is 5.41. The van der Waals surface area contributed by atoms with Crippen molar-refractivity contribution in [2.45, 2.75) is 19.0 Å². The van der Waals surface area contributed by atoms with E-state index in [-0.39, 0.29) is 41.9 Å². The highest BCUT2D eigenvalue weighted by atomic mass is 32.2. The van der Waals surface area contributed by atoms with Gasteiger partial charge in [0.2, 0.25) is 11.8 Å². The predicted molar refractivity (Wildman–Crippen MR) is 110 cm³/mol. The van der Waals surface area contributed by atoms with Gasteiger partial charge in [0.15, 0.2) is 0 Å². The standard InChI is InChI=1S/C21H23N3O3S/c1-15(20(26)22-12-13-24-18(25)14-28-21(24)27)23-19(16-8-4-2-5-9-16)17-10-6-3-7-11-17/h2-11,15,19,23H,12-14H2,1H3,(H,22,26)/t15-/m1/s1. The summed E-state index contributed by atoms with van der Waals surface area (Å²) in [5.41, 5.74) is 2.14. The van der Waals surface area contributed by atoms with Gasteiger partial charge in [-0.25, -0.2) is 0 Å². The molecular formula is C21H23N3O3S. The zero-order valence-electron chi connectivity index (χ0n) is 15.6. The number of amides is 3. The van der Waals surface area contributed by atoms with Crippen LogP contribution in [-0.2, 0) is 9.59 Å². The van der Waals surface area contributed by atoms with Gasteiger partial charge in [0, 0.05) is 13.1 Å². The van der Waals surface area contributed by atoms with Gasteiger partial charge in [-0.15, -0.1) is 0 Å². The number of carbonyl (C=O) groups excluding carboxylic acids is 3. The van der Waals surface area contributed by atoms with Crippen molar-refractivity contribution in [1.82, 2.24) is 15.5 Å². The number of nitrogens with zero attached hydrogens (tertiary/aromatic N) is 1. The van der Waals surface area contributed by atoms with Gasteiger partial charge in [-0.05, 0) is 18.1 Å². The maximum Gasteiger partial charge on any atom is 0.288 e. The summed E-state index contributed by atoms with van der Waals surface area (Å²) in [6.07, 6.45) is 0. The predicted octanol–water partition coefficient (Wildman–Crippen LogP) is 2.57. The summed E-state index contributed by atoms with van der Waals surface area (Å²) in [7, 11) is 0. The molecule has 6 nitrogen and oxygen atoms in total. The van der Waals surface area contributed by atoms with Crippen molar-refractivity contribution in [3.8, 4) is 0 Å². The molecule has 1 fully saturated rings. The number of imide groups is 1. The zero-order chi connectivity index (χ0) is 19.9. The first-order valence-electron chi connectivity index (χ1n) is 9.17. The second-order valence-corrected chi connectivity index (χ2v) is 7.46. The molecule has 28 heavy (non-hydrogen) atoms. The van der Waals surface area contributed by atoms with Crippen molar-refractivity contribution < 1.29 is 14.4 Å². The first kappa shape index (κ1) is 20.1. The minimum Gasteiger partial charge on any atom is -0.353 e. The molecule has 0 spiro atoms. The normalized spacial score (nSPS) is 15.1. The Morgan fingerprint density at radius 3 is 2.11 bits per heavy atom. The Kier molecular flexibility index (Phi) is 6.84. The molecule has 2 aromatic rings. The molecule has 1 atom stereocenters. The van der Waals surface area contributed by atoms with Crippen LogP contribution in [0.3, 0.4) is 0 Å². The van der Waals surface area contributed by atoms with E-state index < -0.39 is 6.04 Å². The quantitative estimate of drug-likeness (QED) is 0.716. The lowest BCUT2D eigenvalue weighted by molar-refractivity contribution is -0.126. The van der Waals surface area contributed by atoms with Crippen molar-refractivity contribution in [3.05, 3.63) is 71.8 Å². The first-order valence-corrected chi connectivity index (χ1v) is 10.2. The fraction of sp³-hybridized carbons (Fsp3) is 0.286. The Balaban J connectivity index is 1.60. The zero-order valence-corrected chi connectivity index (χ0v) is 16.4. The van der Waals surface area contributed by atoms with Crippen LogP contribution in [0.4, 0.5) is 4.79 Å². The van der Waals surface area contributed by atoms with Crippen LogP contribution < -0.4 is 10.6 Å². The average Bonchev–Trinajstić information content (AvgIpc) is 3.05. The third-order valence-electron chi connectivity index (χ3n) is 4.55. The Labute approximate surface area is 168 Å². The Morgan fingerprint density at radius 2 is 1.61 bits per heavy atom. The van der Waals surface area contributed by atoms with Crippen molar-refractivity contribution in [3.63, 3.8) is 0 Å². The highest BCUT2D eigenvalue weighted by molar-refractivity contribution is 8.14. The SMILES string of the molecule is C[C@@H](NC(c1ccccc1)c1ccccc1)C(=O)NCCN1C(=O)CSC1=O. The maximum atomic E-state index is 12.5. The average molecular weight is 398 g/mol. The molecule has 3 rings (SSSR count). The lowest BCUT2D eigenvalue weighted by Crippen LogP contribution is -2.46. The third kappa shape index (κ3) is 4.99. The maximum absolute atomic E-state index is 12.5. The van der Waals surface area contributed by atoms with Crippen molar-refractivity contribution >= 4 is 28.8 Å². The number of nitrogens with one attached hydrogen (secondary N) is 2. The van der Waals surface area contributed by atoms with Crippen LogP contribution in [0.1, 0.15) is 24.1 Å².